The normalized spacial score (nSPS) is 23.7. The first-order valence-corrected chi connectivity index (χ1v) is 14.6. The number of nitrogens with zero attached hydrogens (tertiary/aromatic N) is 7. The highest BCUT2D eigenvalue weighted by Gasteiger charge is 2.39. The van der Waals surface area contributed by atoms with Crippen molar-refractivity contribution in [2.75, 3.05) is 62.3 Å². The van der Waals surface area contributed by atoms with Crippen LogP contribution < -0.4 is 14.5 Å². The third-order valence-corrected chi connectivity index (χ3v) is 8.76. The van der Waals surface area contributed by atoms with Crippen LogP contribution in [0.3, 0.4) is 0 Å². The summed E-state index contributed by atoms with van der Waals surface area (Å²) in [6.45, 7) is 8.00. The molecular formula is C30H34F3N7O3. The summed E-state index contributed by atoms with van der Waals surface area (Å²) in [5, 5.41) is 9.45. The van der Waals surface area contributed by atoms with Crippen LogP contribution in [0, 0.1) is 11.3 Å². The zero-order valence-electron chi connectivity index (χ0n) is 23.8. The van der Waals surface area contributed by atoms with E-state index in [9.17, 15) is 23.2 Å². The molecule has 4 aliphatic rings. The Morgan fingerprint density at radius 1 is 1.19 bits per heavy atom. The number of amides is 1. The summed E-state index contributed by atoms with van der Waals surface area (Å²) in [5.41, 5.74) is 0.884. The minimum absolute atomic E-state index is 0.111. The Morgan fingerprint density at radius 3 is 2.74 bits per heavy atom. The molecule has 228 valence electrons. The smallest absolute Gasteiger partial charge is 0.418 e. The van der Waals surface area contributed by atoms with Gasteiger partial charge in [0.05, 0.1) is 49.0 Å². The van der Waals surface area contributed by atoms with Gasteiger partial charge in [0.1, 0.15) is 12.4 Å². The van der Waals surface area contributed by atoms with Gasteiger partial charge >= 0.3 is 12.2 Å². The maximum absolute atomic E-state index is 13.9. The van der Waals surface area contributed by atoms with E-state index in [1.54, 1.807) is 15.9 Å². The number of morpholine rings is 1. The lowest BCUT2D eigenvalue weighted by Crippen LogP contribution is -2.55. The van der Waals surface area contributed by atoms with E-state index in [1.807, 2.05) is 4.90 Å². The van der Waals surface area contributed by atoms with E-state index < -0.39 is 11.7 Å². The maximum atomic E-state index is 13.9. The van der Waals surface area contributed by atoms with Crippen molar-refractivity contribution in [3.05, 3.63) is 53.7 Å². The van der Waals surface area contributed by atoms with Crippen molar-refractivity contribution < 1.29 is 27.4 Å². The minimum atomic E-state index is -4.49. The molecule has 5 heterocycles. The van der Waals surface area contributed by atoms with Crippen LogP contribution in [0.15, 0.2) is 36.9 Å². The number of fused-ring (bicyclic) bond motifs is 3. The lowest BCUT2D eigenvalue weighted by molar-refractivity contribution is -0.137. The van der Waals surface area contributed by atoms with Gasteiger partial charge < -0.3 is 24.2 Å². The fourth-order valence-corrected chi connectivity index (χ4v) is 6.65. The van der Waals surface area contributed by atoms with Gasteiger partial charge in [0.25, 0.3) is 0 Å². The number of para-hydroxylation sites is 1. The number of aromatic nitrogens is 2. The van der Waals surface area contributed by atoms with Crippen molar-refractivity contribution in [3.63, 3.8) is 0 Å². The molecular weight excluding hydrogens is 563 g/mol. The van der Waals surface area contributed by atoms with Crippen molar-refractivity contribution in [2.24, 2.45) is 0 Å². The topological polar surface area (TPSA) is 98.1 Å². The standard InChI is InChI=1S/C30H34F3N7O3/c1-2-27(41)40-12-11-39(16-20(40)7-9-34)28-23-8-10-38(26-6-4-3-5-24(26)30(31,32)33)18-25(23)35-29(36-28)42-14-13-37-17-22-15-21(37)19-43-22/h2-6,20-22H,1,7-8,10-19H2/t20?,21-,22-/m1/s1. The van der Waals surface area contributed by atoms with Crippen LogP contribution in [0.5, 0.6) is 6.01 Å². The van der Waals surface area contributed by atoms with Crippen LogP contribution in [0.25, 0.3) is 0 Å². The number of nitriles is 1. The molecule has 6 rings (SSSR count). The van der Waals surface area contributed by atoms with Crippen molar-refractivity contribution in [2.45, 2.75) is 50.2 Å². The van der Waals surface area contributed by atoms with Crippen LogP contribution in [0.1, 0.15) is 29.7 Å². The molecule has 1 amide bonds. The monoisotopic (exact) mass is 597 g/mol. The van der Waals surface area contributed by atoms with E-state index in [2.05, 4.69) is 17.5 Å². The molecule has 2 bridgehead atoms. The van der Waals surface area contributed by atoms with E-state index in [-0.39, 0.29) is 42.7 Å². The number of piperazine rings is 1. The Labute approximate surface area is 248 Å². The molecule has 43 heavy (non-hydrogen) atoms. The summed E-state index contributed by atoms with van der Waals surface area (Å²) in [6, 6.07) is 7.96. The van der Waals surface area contributed by atoms with E-state index in [0.717, 1.165) is 31.2 Å². The highest BCUT2D eigenvalue weighted by molar-refractivity contribution is 5.87. The second-order valence-electron chi connectivity index (χ2n) is 11.3. The number of carbonyl (C=O) groups is 1. The molecule has 3 fully saturated rings. The third kappa shape index (κ3) is 5.99. The Kier molecular flexibility index (Phi) is 8.15. The number of anilines is 2. The van der Waals surface area contributed by atoms with Crippen LogP contribution in [-0.2, 0) is 28.7 Å². The van der Waals surface area contributed by atoms with Crippen LogP contribution >= 0.6 is 0 Å². The van der Waals surface area contributed by atoms with E-state index in [1.165, 1.54) is 18.2 Å². The average molecular weight is 598 g/mol. The number of likely N-dealkylation sites (tertiary alicyclic amines) is 1. The highest BCUT2D eigenvalue weighted by atomic mass is 19.4. The average Bonchev–Trinajstić information content (AvgIpc) is 3.64. The first kappa shape index (κ1) is 29.2. The third-order valence-electron chi connectivity index (χ3n) is 8.76. The summed E-state index contributed by atoms with van der Waals surface area (Å²) in [7, 11) is 0. The molecule has 0 spiro atoms. The number of hydrogen-bond donors (Lipinski definition) is 0. The second kappa shape index (κ2) is 12.0. The highest BCUT2D eigenvalue weighted by Crippen LogP contribution is 2.39. The maximum Gasteiger partial charge on any atom is 0.418 e. The van der Waals surface area contributed by atoms with Gasteiger partial charge in [-0.1, -0.05) is 18.7 Å². The fourth-order valence-electron chi connectivity index (χ4n) is 6.65. The van der Waals surface area contributed by atoms with Crippen molar-refractivity contribution in [3.8, 4) is 12.1 Å². The first-order valence-electron chi connectivity index (χ1n) is 14.6. The lowest BCUT2D eigenvalue weighted by Gasteiger charge is -2.42. The molecule has 0 aliphatic carbocycles. The number of rotatable bonds is 8. The Balaban J connectivity index is 1.28. The van der Waals surface area contributed by atoms with Crippen LogP contribution in [-0.4, -0.2) is 96.3 Å². The van der Waals surface area contributed by atoms with Crippen LogP contribution in [0.2, 0.25) is 0 Å². The van der Waals surface area contributed by atoms with Gasteiger partial charge in [0.15, 0.2) is 0 Å². The van der Waals surface area contributed by atoms with Gasteiger partial charge in [-0.15, -0.1) is 0 Å². The molecule has 0 N–H and O–H groups in total. The zero-order valence-corrected chi connectivity index (χ0v) is 23.8. The van der Waals surface area contributed by atoms with Crippen molar-refractivity contribution >= 4 is 17.4 Å². The number of benzene rings is 1. The summed E-state index contributed by atoms with van der Waals surface area (Å²) in [6.07, 6.45) is -1.35. The Bertz CT molecular complexity index is 1410. The molecule has 0 saturated carbocycles. The largest absolute Gasteiger partial charge is 0.462 e. The second-order valence-corrected chi connectivity index (χ2v) is 11.3. The van der Waals surface area contributed by atoms with E-state index >= 15 is 0 Å². The van der Waals surface area contributed by atoms with Gasteiger partial charge in [-0.2, -0.15) is 28.4 Å². The van der Waals surface area contributed by atoms with Crippen molar-refractivity contribution in [1.82, 2.24) is 19.8 Å². The molecule has 3 saturated heterocycles. The van der Waals surface area contributed by atoms with Gasteiger partial charge in [-0.05, 0) is 31.1 Å². The summed E-state index contributed by atoms with van der Waals surface area (Å²) >= 11 is 0. The predicted molar refractivity (Wildman–Crippen MR) is 152 cm³/mol. The zero-order chi connectivity index (χ0) is 30.1. The predicted octanol–water partition coefficient (Wildman–Crippen LogP) is 3.03. The summed E-state index contributed by atoms with van der Waals surface area (Å²) < 4.78 is 53.3. The number of ether oxygens (including phenoxy) is 2. The molecule has 1 aromatic carbocycles. The van der Waals surface area contributed by atoms with E-state index in [4.69, 9.17) is 19.4 Å². The molecule has 3 atom stereocenters. The molecule has 4 aliphatic heterocycles. The van der Waals surface area contributed by atoms with Gasteiger partial charge in [-0.25, -0.2) is 0 Å². The molecule has 2 aromatic rings. The summed E-state index contributed by atoms with van der Waals surface area (Å²) in [5.74, 6) is 0.416. The molecule has 13 heteroatoms. The number of alkyl halides is 3. The Hall–Kier alpha value is -3.89. The summed E-state index contributed by atoms with van der Waals surface area (Å²) in [4.78, 5) is 29.7. The molecule has 10 nitrogen and oxygen atoms in total. The Morgan fingerprint density at radius 2 is 2.02 bits per heavy atom. The fraction of sp³-hybridized carbons (Fsp3) is 0.533. The number of hydrogen-bond acceptors (Lipinski definition) is 9. The SMILES string of the molecule is C=CC(=O)N1CCN(c2nc(OCCN3C[C@H]4C[C@@H]3CO4)nc3c2CCN(c2ccccc2C(F)(F)F)C3)CC1CC#N. The van der Waals surface area contributed by atoms with Gasteiger partial charge in [-0.3, -0.25) is 9.69 Å². The molecule has 1 aromatic heterocycles. The number of carbonyl (C=O) groups excluding carboxylic acids is 1. The molecule has 1 unspecified atom stereocenters. The first-order chi connectivity index (χ1) is 20.7. The van der Waals surface area contributed by atoms with Crippen molar-refractivity contribution in [1.29, 1.82) is 5.26 Å². The van der Waals surface area contributed by atoms with Gasteiger partial charge in [0.2, 0.25) is 5.91 Å². The van der Waals surface area contributed by atoms with E-state index in [0.29, 0.717) is 63.3 Å². The van der Waals surface area contributed by atoms with Crippen LogP contribution in [0.4, 0.5) is 24.7 Å². The van der Waals surface area contributed by atoms with Gasteiger partial charge in [0, 0.05) is 56.6 Å². The minimum Gasteiger partial charge on any atom is -0.462 e. The number of halogens is 3. The quantitative estimate of drug-likeness (QED) is 0.426. The molecule has 0 radical (unpaired) electrons. The lowest BCUT2D eigenvalue weighted by atomic mass is 10.0.